The van der Waals surface area contributed by atoms with E-state index in [0.717, 1.165) is 5.06 Å². The number of carbonyl (C=O) groups is 1. The molecule has 0 aliphatic heterocycles. The van der Waals surface area contributed by atoms with Crippen LogP contribution in [0.3, 0.4) is 0 Å². The first kappa shape index (κ1) is 12.4. The molecule has 4 heteroatoms. The molecule has 0 bridgehead atoms. The summed E-state index contributed by atoms with van der Waals surface area (Å²) in [7, 11) is 2.90. The molecule has 0 fully saturated rings. The zero-order chi connectivity index (χ0) is 12.1. The monoisotopic (exact) mass is 223 g/mol. The Labute approximate surface area is 94.1 Å². The number of hydrogen-bond acceptors (Lipinski definition) is 2. The number of amides is 1. The molecule has 0 saturated heterocycles. The van der Waals surface area contributed by atoms with E-state index >= 15 is 0 Å². The number of benzene rings is 1. The van der Waals surface area contributed by atoms with Gasteiger partial charge >= 0.3 is 0 Å². The molecule has 0 heterocycles. The molecule has 0 unspecified atom stereocenters. The van der Waals surface area contributed by atoms with Crippen molar-refractivity contribution in [1.82, 2.24) is 5.06 Å². The van der Waals surface area contributed by atoms with Crippen molar-refractivity contribution in [3.8, 4) is 0 Å². The highest BCUT2D eigenvalue weighted by Crippen LogP contribution is 2.12. The van der Waals surface area contributed by atoms with Crippen LogP contribution in [0.15, 0.2) is 29.8 Å². The van der Waals surface area contributed by atoms with Gasteiger partial charge in [0.1, 0.15) is 5.82 Å². The molecular weight excluding hydrogens is 209 g/mol. The Balaban J connectivity index is 2.93. The van der Waals surface area contributed by atoms with Gasteiger partial charge in [0.2, 0.25) is 0 Å². The summed E-state index contributed by atoms with van der Waals surface area (Å²) < 4.78 is 13.3. The van der Waals surface area contributed by atoms with Crippen LogP contribution in [0.2, 0.25) is 0 Å². The number of hydroxylamine groups is 2. The second-order valence-electron chi connectivity index (χ2n) is 3.33. The van der Waals surface area contributed by atoms with Crippen molar-refractivity contribution in [2.45, 2.75) is 6.92 Å². The molecule has 1 aromatic carbocycles. The maximum absolute atomic E-state index is 13.3. The van der Waals surface area contributed by atoms with Crippen molar-refractivity contribution in [2.75, 3.05) is 14.2 Å². The number of likely N-dealkylation sites (N-methyl/N-ethyl adjacent to an activating group) is 1. The number of rotatable bonds is 3. The van der Waals surface area contributed by atoms with Gasteiger partial charge in [-0.1, -0.05) is 18.2 Å². The lowest BCUT2D eigenvalue weighted by atomic mass is 10.1. The normalized spacial score (nSPS) is 11.4. The molecule has 0 atom stereocenters. The van der Waals surface area contributed by atoms with Crippen LogP contribution >= 0.6 is 0 Å². The SMILES string of the molecule is CON(C)C(=O)C(C)=Cc1ccccc1F. The van der Waals surface area contributed by atoms with E-state index in [-0.39, 0.29) is 11.7 Å². The maximum atomic E-state index is 13.3. The Morgan fingerprint density at radius 3 is 2.62 bits per heavy atom. The van der Waals surface area contributed by atoms with E-state index in [9.17, 15) is 9.18 Å². The highest BCUT2D eigenvalue weighted by molar-refractivity contribution is 5.96. The molecular formula is C12H14FNO2. The fraction of sp³-hybridized carbons (Fsp3) is 0.250. The van der Waals surface area contributed by atoms with Crippen LogP contribution in [0.4, 0.5) is 4.39 Å². The second kappa shape index (κ2) is 5.42. The first-order valence-corrected chi connectivity index (χ1v) is 4.81. The summed E-state index contributed by atoms with van der Waals surface area (Å²) in [6.07, 6.45) is 1.49. The van der Waals surface area contributed by atoms with Gasteiger partial charge in [0.15, 0.2) is 0 Å². The van der Waals surface area contributed by atoms with E-state index in [0.29, 0.717) is 11.1 Å². The number of nitrogens with zero attached hydrogens (tertiary/aromatic N) is 1. The lowest BCUT2D eigenvalue weighted by Crippen LogP contribution is -2.25. The largest absolute Gasteiger partial charge is 0.274 e. The molecule has 0 N–H and O–H groups in total. The fourth-order valence-corrected chi connectivity index (χ4v) is 1.22. The zero-order valence-electron chi connectivity index (χ0n) is 9.53. The first-order valence-electron chi connectivity index (χ1n) is 4.81. The molecule has 3 nitrogen and oxygen atoms in total. The Bertz CT molecular complexity index is 415. The summed E-state index contributed by atoms with van der Waals surface area (Å²) in [4.78, 5) is 16.4. The quantitative estimate of drug-likeness (QED) is 0.581. The number of carbonyl (C=O) groups excluding carboxylic acids is 1. The van der Waals surface area contributed by atoms with Crippen LogP contribution in [0.25, 0.3) is 6.08 Å². The molecule has 1 rings (SSSR count). The average Bonchev–Trinajstić information content (AvgIpc) is 2.30. The summed E-state index contributed by atoms with van der Waals surface area (Å²) in [5, 5.41) is 1.09. The van der Waals surface area contributed by atoms with Gasteiger partial charge in [-0.05, 0) is 19.1 Å². The number of hydrogen-bond donors (Lipinski definition) is 0. The van der Waals surface area contributed by atoms with Gasteiger partial charge in [0.25, 0.3) is 5.91 Å². The van der Waals surface area contributed by atoms with Crippen molar-refractivity contribution in [2.24, 2.45) is 0 Å². The molecule has 86 valence electrons. The third-order valence-corrected chi connectivity index (χ3v) is 2.17. The van der Waals surface area contributed by atoms with E-state index in [1.807, 2.05) is 0 Å². The second-order valence-corrected chi connectivity index (χ2v) is 3.33. The minimum absolute atomic E-state index is 0.300. The lowest BCUT2D eigenvalue weighted by molar-refractivity contribution is -0.163. The van der Waals surface area contributed by atoms with E-state index in [2.05, 4.69) is 0 Å². The molecule has 0 aliphatic carbocycles. The predicted octanol–water partition coefficient (Wildman–Crippen LogP) is 2.25. The van der Waals surface area contributed by atoms with Crippen LogP contribution in [0.5, 0.6) is 0 Å². The van der Waals surface area contributed by atoms with Crippen molar-refractivity contribution in [3.63, 3.8) is 0 Å². The molecule has 0 radical (unpaired) electrons. The van der Waals surface area contributed by atoms with Crippen LogP contribution in [0, 0.1) is 5.82 Å². The van der Waals surface area contributed by atoms with Crippen molar-refractivity contribution < 1.29 is 14.0 Å². The molecule has 16 heavy (non-hydrogen) atoms. The maximum Gasteiger partial charge on any atom is 0.272 e. The first-order chi connectivity index (χ1) is 7.56. The predicted molar refractivity (Wildman–Crippen MR) is 59.8 cm³/mol. The smallest absolute Gasteiger partial charge is 0.272 e. The molecule has 0 spiro atoms. The van der Waals surface area contributed by atoms with Crippen LogP contribution in [-0.2, 0) is 9.63 Å². The van der Waals surface area contributed by atoms with E-state index < -0.39 is 0 Å². The minimum Gasteiger partial charge on any atom is -0.274 e. The highest BCUT2D eigenvalue weighted by Gasteiger charge is 2.10. The number of halogens is 1. The Morgan fingerprint density at radius 2 is 2.06 bits per heavy atom. The topological polar surface area (TPSA) is 29.5 Å². The molecule has 1 amide bonds. The third-order valence-electron chi connectivity index (χ3n) is 2.17. The van der Waals surface area contributed by atoms with Gasteiger partial charge in [-0.3, -0.25) is 9.63 Å². The summed E-state index contributed by atoms with van der Waals surface area (Å²) in [6, 6.07) is 6.28. The van der Waals surface area contributed by atoms with Crippen LogP contribution in [-0.4, -0.2) is 25.1 Å². The molecule has 1 aromatic rings. The third kappa shape index (κ3) is 2.90. The Morgan fingerprint density at radius 1 is 1.44 bits per heavy atom. The Hall–Kier alpha value is -1.68. The van der Waals surface area contributed by atoms with Gasteiger partial charge in [0, 0.05) is 18.2 Å². The zero-order valence-corrected chi connectivity index (χ0v) is 9.53. The minimum atomic E-state index is -0.352. The van der Waals surface area contributed by atoms with E-state index in [1.54, 1.807) is 25.1 Å². The van der Waals surface area contributed by atoms with Crippen molar-refractivity contribution >= 4 is 12.0 Å². The van der Waals surface area contributed by atoms with Crippen LogP contribution < -0.4 is 0 Å². The highest BCUT2D eigenvalue weighted by atomic mass is 19.1. The van der Waals surface area contributed by atoms with E-state index in [4.69, 9.17) is 4.84 Å². The van der Waals surface area contributed by atoms with Gasteiger partial charge in [0.05, 0.1) is 7.11 Å². The fourth-order valence-electron chi connectivity index (χ4n) is 1.22. The van der Waals surface area contributed by atoms with Gasteiger partial charge < -0.3 is 0 Å². The summed E-state index contributed by atoms with van der Waals surface area (Å²) >= 11 is 0. The molecule has 0 aliphatic rings. The van der Waals surface area contributed by atoms with Crippen LogP contribution in [0.1, 0.15) is 12.5 Å². The lowest BCUT2D eigenvalue weighted by Gasteiger charge is -2.13. The van der Waals surface area contributed by atoms with Crippen molar-refractivity contribution in [1.29, 1.82) is 0 Å². The van der Waals surface area contributed by atoms with E-state index in [1.165, 1.54) is 26.3 Å². The van der Waals surface area contributed by atoms with Gasteiger partial charge in [-0.25, -0.2) is 9.45 Å². The average molecular weight is 223 g/mol. The molecule has 0 aromatic heterocycles. The standard InChI is InChI=1S/C12H14FNO2/c1-9(12(15)14(2)16-3)8-10-6-4-5-7-11(10)13/h4-8H,1-3H3. The summed E-state index contributed by atoms with van der Waals surface area (Å²) in [5.41, 5.74) is 0.798. The summed E-state index contributed by atoms with van der Waals surface area (Å²) in [6.45, 7) is 1.62. The van der Waals surface area contributed by atoms with Crippen molar-refractivity contribution in [3.05, 3.63) is 41.2 Å². The summed E-state index contributed by atoms with van der Waals surface area (Å²) in [5.74, 6) is -0.652. The Kier molecular flexibility index (Phi) is 4.19. The van der Waals surface area contributed by atoms with Gasteiger partial charge in [-0.2, -0.15) is 0 Å². The molecule has 0 saturated carbocycles. The van der Waals surface area contributed by atoms with Gasteiger partial charge in [-0.15, -0.1) is 0 Å².